The van der Waals surface area contributed by atoms with Crippen LogP contribution in [0, 0.1) is 13.8 Å². The molecule has 1 heterocycles. The second kappa shape index (κ2) is 10.2. The maximum atomic E-state index is 13.5. The molecule has 0 bridgehead atoms. The molecule has 0 radical (unpaired) electrons. The topological polar surface area (TPSA) is 98.8 Å². The molecule has 1 aliphatic rings. The van der Waals surface area contributed by atoms with Crippen molar-refractivity contribution in [3.05, 3.63) is 83.9 Å². The minimum absolute atomic E-state index is 0.0284. The van der Waals surface area contributed by atoms with Crippen LogP contribution in [0.2, 0.25) is 0 Å². The van der Waals surface area contributed by atoms with Gasteiger partial charge in [0.2, 0.25) is 5.91 Å². The van der Waals surface area contributed by atoms with Crippen LogP contribution in [-0.2, 0) is 14.8 Å². The van der Waals surface area contributed by atoms with Crippen LogP contribution in [-0.4, -0.2) is 40.0 Å². The lowest BCUT2D eigenvalue weighted by atomic mass is 10.2. The molecule has 3 aromatic rings. The summed E-state index contributed by atoms with van der Waals surface area (Å²) in [6, 6.07) is 20.7. The van der Waals surface area contributed by atoms with E-state index in [0.29, 0.717) is 30.2 Å². The van der Waals surface area contributed by atoms with Gasteiger partial charge in [0.05, 0.1) is 10.6 Å². The number of amides is 3. The van der Waals surface area contributed by atoms with Crippen molar-refractivity contribution >= 4 is 39.0 Å². The minimum Gasteiger partial charge on any atom is -0.336 e. The molecule has 0 saturated carbocycles. The average Bonchev–Trinajstić information content (AvgIpc) is 3.26. The van der Waals surface area contributed by atoms with Crippen LogP contribution < -0.4 is 19.8 Å². The Morgan fingerprint density at radius 1 is 1.00 bits per heavy atom. The third kappa shape index (κ3) is 5.63. The van der Waals surface area contributed by atoms with Crippen LogP contribution in [0.15, 0.2) is 77.7 Å². The van der Waals surface area contributed by atoms with Crippen LogP contribution in [0.4, 0.5) is 21.9 Å². The Kier molecular flexibility index (Phi) is 7.07. The number of aryl methyl sites for hydroxylation is 2. The van der Waals surface area contributed by atoms with Gasteiger partial charge in [-0.15, -0.1) is 0 Å². The first-order chi connectivity index (χ1) is 16.7. The number of nitrogens with zero attached hydrogens (tertiary/aromatic N) is 2. The number of hydrogen-bond donors (Lipinski definition) is 2. The Balaban J connectivity index is 1.51. The molecule has 1 fully saturated rings. The highest BCUT2D eigenvalue weighted by Gasteiger charge is 2.26. The van der Waals surface area contributed by atoms with E-state index in [9.17, 15) is 18.0 Å². The van der Waals surface area contributed by atoms with Crippen molar-refractivity contribution in [1.82, 2.24) is 5.32 Å². The summed E-state index contributed by atoms with van der Waals surface area (Å²) in [6.45, 7) is 4.91. The number of carbonyl (C=O) groups is 2. The van der Waals surface area contributed by atoms with Crippen LogP contribution in [0.1, 0.15) is 17.5 Å². The lowest BCUT2D eigenvalue weighted by molar-refractivity contribution is -0.116. The lowest BCUT2D eigenvalue weighted by Crippen LogP contribution is -2.34. The van der Waals surface area contributed by atoms with Gasteiger partial charge < -0.3 is 10.6 Å². The van der Waals surface area contributed by atoms with Gasteiger partial charge in [0.25, 0.3) is 10.0 Å². The molecule has 3 aromatic carbocycles. The van der Waals surface area contributed by atoms with Crippen LogP contribution in [0.3, 0.4) is 0 Å². The van der Waals surface area contributed by atoms with E-state index >= 15 is 0 Å². The maximum absolute atomic E-state index is 13.5. The van der Waals surface area contributed by atoms with Crippen molar-refractivity contribution < 1.29 is 18.0 Å². The number of anilines is 3. The highest BCUT2D eigenvalue weighted by molar-refractivity contribution is 7.92. The number of carbonyl (C=O) groups excluding carboxylic acids is 2. The van der Waals surface area contributed by atoms with Gasteiger partial charge in [-0.3, -0.25) is 14.0 Å². The van der Waals surface area contributed by atoms with Gasteiger partial charge in [-0.25, -0.2) is 13.2 Å². The van der Waals surface area contributed by atoms with Gasteiger partial charge in [0, 0.05) is 37.4 Å². The number of sulfonamides is 1. The zero-order chi connectivity index (χ0) is 25.0. The van der Waals surface area contributed by atoms with Gasteiger partial charge in [-0.2, -0.15) is 0 Å². The molecule has 0 aliphatic carbocycles. The molecular weight excluding hydrogens is 464 g/mol. The predicted molar refractivity (Wildman–Crippen MR) is 137 cm³/mol. The zero-order valence-corrected chi connectivity index (χ0v) is 20.5. The van der Waals surface area contributed by atoms with E-state index in [1.165, 1.54) is 4.31 Å². The molecule has 9 heteroatoms. The smallest absolute Gasteiger partial charge is 0.321 e. The van der Waals surface area contributed by atoms with E-state index in [1.54, 1.807) is 65.6 Å². The van der Waals surface area contributed by atoms with Crippen molar-refractivity contribution in [2.24, 2.45) is 0 Å². The van der Waals surface area contributed by atoms with Gasteiger partial charge in [0.1, 0.15) is 0 Å². The van der Waals surface area contributed by atoms with Crippen LogP contribution in [0.5, 0.6) is 0 Å². The summed E-state index contributed by atoms with van der Waals surface area (Å²) >= 11 is 0. The van der Waals surface area contributed by atoms with E-state index in [-0.39, 0.29) is 29.8 Å². The second-order valence-corrected chi connectivity index (χ2v) is 10.3. The number of rotatable bonds is 8. The van der Waals surface area contributed by atoms with Crippen LogP contribution in [0.25, 0.3) is 0 Å². The Bertz CT molecular complexity index is 1320. The molecule has 0 spiro atoms. The monoisotopic (exact) mass is 492 g/mol. The van der Waals surface area contributed by atoms with Crippen molar-refractivity contribution in [2.45, 2.75) is 25.2 Å². The Morgan fingerprint density at radius 3 is 2.29 bits per heavy atom. The molecule has 1 saturated heterocycles. The standard InChI is InChI=1S/C26H28N4O4S/c1-19-6-10-22(11-7-19)30(35(33,34)24-12-8-20(2)9-13-24)16-14-25(31)28-21-4-3-5-23(18-21)29-17-15-27-26(29)32/h3-13,18H,14-17H2,1-2H3,(H,27,32)(H,28,31). The quantitative estimate of drug-likeness (QED) is 0.495. The van der Waals surface area contributed by atoms with Crippen LogP contribution >= 0.6 is 0 Å². The fourth-order valence-electron chi connectivity index (χ4n) is 3.83. The normalized spacial score (nSPS) is 13.4. The van der Waals surface area contributed by atoms with Crippen molar-refractivity contribution in [3.8, 4) is 0 Å². The summed E-state index contributed by atoms with van der Waals surface area (Å²) in [5.74, 6) is -0.329. The number of nitrogens with one attached hydrogen (secondary N) is 2. The third-order valence-electron chi connectivity index (χ3n) is 5.77. The number of urea groups is 1. The lowest BCUT2D eigenvalue weighted by Gasteiger charge is -2.24. The summed E-state index contributed by atoms with van der Waals surface area (Å²) < 4.78 is 28.2. The molecule has 35 heavy (non-hydrogen) atoms. The van der Waals surface area contributed by atoms with Gasteiger partial charge in [-0.05, 0) is 56.3 Å². The van der Waals surface area contributed by atoms with E-state index in [2.05, 4.69) is 10.6 Å². The molecular formula is C26H28N4O4S. The van der Waals surface area contributed by atoms with Gasteiger partial charge in [0.15, 0.2) is 0 Å². The maximum Gasteiger partial charge on any atom is 0.321 e. The van der Waals surface area contributed by atoms with Crippen molar-refractivity contribution in [1.29, 1.82) is 0 Å². The first-order valence-electron chi connectivity index (χ1n) is 11.4. The minimum atomic E-state index is -3.87. The summed E-state index contributed by atoms with van der Waals surface area (Å²) in [7, 11) is -3.87. The Morgan fingerprint density at radius 2 is 1.66 bits per heavy atom. The number of hydrogen-bond acceptors (Lipinski definition) is 4. The molecule has 8 nitrogen and oxygen atoms in total. The fourth-order valence-corrected chi connectivity index (χ4v) is 5.30. The van der Waals surface area contributed by atoms with Crippen molar-refractivity contribution in [3.63, 3.8) is 0 Å². The average molecular weight is 493 g/mol. The molecule has 4 rings (SSSR count). The predicted octanol–water partition coefficient (Wildman–Crippen LogP) is 4.06. The largest absolute Gasteiger partial charge is 0.336 e. The molecule has 182 valence electrons. The van der Waals surface area contributed by atoms with E-state index < -0.39 is 10.0 Å². The highest BCUT2D eigenvalue weighted by atomic mass is 32.2. The molecule has 0 unspecified atom stereocenters. The molecule has 1 aliphatic heterocycles. The first-order valence-corrected chi connectivity index (χ1v) is 12.8. The highest BCUT2D eigenvalue weighted by Crippen LogP contribution is 2.25. The Labute approximate surface area is 205 Å². The fraction of sp³-hybridized carbons (Fsp3) is 0.231. The number of benzene rings is 3. The summed E-state index contributed by atoms with van der Waals surface area (Å²) in [6.07, 6.45) is -0.0482. The summed E-state index contributed by atoms with van der Waals surface area (Å²) in [5.41, 5.74) is 3.67. The van der Waals surface area contributed by atoms with E-state index in [1.807, 2.05) is 26.0 Å². The Hall–Kier alpha value is -3.85. The van der Waals surface area contributed by atoms with Gasteiger partial charge in [-0.1, -0.05) is 41.5 Å². The van der Waals surface area contributed by atoms with E-state index in [0.717, 1.165) is 11.1 Å². The summed E-state index contributed by atoms with van der Waals surface area (Å²) in [4.78, 5) is 26.5. The molecule has 2 N–H and O–H groups in total. The molecule has 0 aromatic heterocycles. The molecule has 3 amide bonds. The third-order valence-corrected chi connectivity index (χ3v) is 7.61. The first kappa shape index (κ1) is 24.3. The van der Waals surface area contributed by atoms with Crippen molar-refractivity contribution in [2.75, 3.05) is 34.2 Å². The van der Waals surface area contributed by atoms with E-state index in [4.69, 9.17) is 0 Å². The second-order valence-electron chi connectivity index (χ2n) is 8.46. The van der Waals surface area contributed by atoms with Gasteiger partial charge >= 0.3 is 6.03 Å². The zero-order valence-electron chi connectivity index (χ0n) is 19.7. The summed E-state index contributed by atoms with van der Waals surface area (Å²) in [5, 5.41) is 5.56. The molecule has 0 atom stereocenters. The SMILES string of the molecule is Cc1ccc(N(CCC(=O)Nc2cccc(N3CCNC3=O)c2)S(=O)(=O)c2ccc(C)cc2)cc1.